The van der Waals surface area contributed by atoms with Gasteiger partial charge >= 0.3 is 0 Å². The Kier molecular flexibility index (Phi) is 5.95. The van der Waals surface area contributed by atoms with E-state index in [1.807, 2.05) is 18.2 Å². The largest absolute Gasteiger partial charge is 0.395 e. The van der Waals surface area contributed by atoms with Gasteiger partial charge in [-0.3, -0.25) is 0 Å². The third-order valence-electron chi connectivity index (χ3n) is 3.87. The number of rotatable bonds is 9. The first-order valence-corrected chi connectivity index (χ1v) is 8.51. The molecule has 0 aromatic carbocycles. The van der Waals surface area contributed by atoms with Gasteiger partial charge in [-0.25, -0.2) is 15.0 Å². The second-order valence-corrected chi connectivity index (χ2v) is 5.71. The number of fused-ring (bicyclic) bond motifs is 1. The van der Waals surface area contributed by atoms with Crippen molar-refractivity contribution >= 4 is 34.5 Å². The second-order valence-electron chi connectivity index (χ2n) is 5.71. The minimum absolute atomic E-state index is 0.0122. The monoisotopic (exact) mass is 366 g/mol. The van der Waals surface area contributed by atoms with Crippen LogP contribution in [0.1, 0.15) is 11.4 Å². The van der Waals surface area contributed by atoms with Crippen LogP contribution in [0.5, 0.6) is 0 Å². The molecule has 6 N–H and O–H groups in total. The van der Waals surface area contributed by atoms with Crippen LogP contribution >= 0.6 is 0 Å². The van der Waals surface area contributed by atoms with Crippen molar-refractivity contribution in [1.82, 2.24) is 25.3 Å². The third-order valence-corrected chi connectivity index (χ3v) is 3.87. The zero-order valence-corrected chi connectivity index (χ0v) is 15.0. The zero-order valence-electron chi connectivity index (χ0n) is 15.0. The fourth-order valence-electron chi connectivity index (χ4n) is 2.56. The Morgan fingerprint density at radius 1 is 1.33 bits per heavy atom. The number of anilines is 2. The normalized spacial score (nSPS) is 11.4. The molecule has 0 saturated heterocycles. The maximum absolute atomic E-state index is 8.86. The molecule has 0 spiro atoms. The van der Waals surface area contributed by atoms with E-state index in [4.69, 9.17) is 10.5 Å². The van der Waals surface area contributed by atoms with Crippen molar-refractivity contribution in [2.24, 2.45) is 0 Å². The van der Waals surface area contributed by atoms with E-state index < -0.39 is 0 Å². The van der Waals surface area contributed by atoms with E-state index in [0.29, 0.717) is 36.0 Å². The number of nitrogens with zero attached hydrogens (tertiary/aromatic N) is 3. The minimum atomic E-state index is 0.0122. The minimum Gasteiger partial charge on any atom is -0.395 e. The molecule has 0 aliphatic heterocycles. The molecule has 140 valence electrons. The van der Waals surface area contributed by atoms with Crippen LogP contribution in [0.4, 0.5) is 11.6 Å². The van der Waals surface area contributed by atoms with Crippen LogP contribution in [-0.2, 0) is 6.54 Å². The predicted molar refractivity (Wildman–Crippen MR) is 107 cm³/mol. The Morgan fingerprint density at radius 2 is 2.22 bits per heavy atom. The van der Waals surface area contributed by atoms with Crippen LogP contribution in [0.15, 0.2) is 36.8 Å². The molecule has 0 saturated carbocycles. The van der Waals surface area contributed by atoms with E-state index in [2.05, 4.69) is 35.9 Å². The highest BCUT2D eigenvalue weighted by Crippen LogP contribution is 2.20. The summed E-state index contributed by atoms with van der Waals surface area (Å²) < 4.78 is 0. The van der Waals surface area contributed by atoms with Gasteiger partial charge in [0.15, 0.2) is 11.6 Å². The molecule has 0 radical (unpaired) electrons. The van der Waals surface area contributed by atoms with Crippen molar-refractivity contribution in [2.75, 3.05) is 30.8 Å². The lowest BCUT2D eigenvalue weighted by molar-refractivity contribution is 0.298. The van der Waals surface area contributed by atoms with Gasteiger partial charge in [0.05, 0.1) is 25.0 Å². The van der Waals surface area contributed by atoms with Gasteiger partial charge in [0.1, 0.15) is 5.65 Å². The molecule has 3 aromatic rings. The molecule has 0 amide bonds. The average molecular weight is 366 g/mol. The summed E-state index contributed by atoms with van der Waals surface area (Å²) in [7, 11) is 1.78. The van der Waals surface area contributed by atoms with Crippen LogP contribution in [0.25, 0.3) is 16.6 Å². The fraction of sp³-hybridized carbons (Fsp3) is 0.222. The smallest absolute Gasteiger partial charge is 0.170 e. The highest BCUT2D eigenvalue weighted by molar-refractivity contribution is 6.07. The number of nitrogens with one attached hydrogen (secondary N) is 5. The molecule has 3 heterocycles. The van der Waals surface area contributed by atoms with Crippen molar-refractivity contribution in [3.63, 3.8) is 0 Å². The maximum atomic E-state index is 8.86. The molecule has 0 aliphatic rings. The summed E-state index contributed by atoms with van der Waals surface area (Å²) in [5.74, 6) is 1.19. The average Bonchev–Trinajstić information content (AvgIpc) is 3.12. The van der Waals surface area contributed by atoms with E-state index in [1.54, 1.807) is 25.6 Å². The number of allylic oxidation sites excluding steroid dienone is 1. The van der Waals surface area contributed by atoms with Crippen LogP contribution < -0.4 is 16.0 Å². The van der Waals surface area contributed by atoms with Gasteiger partial charge in [-0.1, -0.05) is 0 Å². The van der Waals surface area contributed by atoms with Crippen LogP contribution in [0.3, 0.4) is 0 Å². The quantitative estimate of drug-likeness (QED) is 0.250. The first kappa shape index (κ1) is 18.3. The molecule has 3 aromatic heterocycles. The van der Waals surface area contributed by atoms with Crippen molar-refractivity contribution in [1.29, 1.82) is 5.41 Å². The molecule has 27 heavy (non-hydrogen) atoms. The van der Waals surface area contributed by atoms with Gasteiger partial charge in [0, 0.05) is 48.9 Å². The molecule has 0 fully saturated rings. The number of aromatic nitrogens is 4. The number of aliphatic hydroxyl groups excluding tert-OH is 1. The number of aliphatic hydroxyl groups is 1. The first-order valence-electron chi connectivity index (χ1n) is 8.51. The zero-order chi connectivity index (χ0) is 19.1. The van der Waals surface area contributed by atoms with E-state index in [1.165, 1.54) is 6.21 Å². The van der Waals surface area contributed by atoms with Crippen molar-refractivity contribution in [2.45, 2.75) is 6.54 Å². The molecular weight excluding hydrogens is 344 g/mol. The summed E-state index contributed by atoms with van der Waals surface area (Å²) in [4.78, 5) is 16.5. The summed E-state index contributed by atoms with van der Waals surface area (Å²) in [6.45, 7) is 0.937. The second kappa shape index (κ2) is 8.77. The highest BCUT2D eigenvalue weighted by atomic mass is 16.3. The number of H-pyrrole nitrogens is 1. The number of pyridine rings is 1. The summed E-state index contributed by atoms with van der Waals surface area (Å²) in [5.41, 5.74) is 2.93. The topological polar surface area (TPSA) is 135 Å². The molecule has 0 aliphatic carbocycles. The number of aromatic amines is 1. The molecule has 9 nitrogen and oxygen atoms in total. The van der Waals surface area contributed by atoms with Gasteiger partial charge in [0.2, 0.25) is 0 Å². The summed E-state index contributed by atoms with van der Waals surface area (Å²) in [6.07, 6.45) is 6.18. The lowest BCUT2D eigenvalue weighted by Crippen LogP contribution is -2.13. The third kappa shape index (κ3) is 4.39. The Labute approximate surface area is 156 Å². The Balaban J connectivity index is 1.80. The van der Waals surface area contributed by atoms with E-state index in [0.717, 1.165) is 16.7 Å². The van der Waals surface area contributed by atoms with Crippen LogP contribution in [0, 0.1) is 5.41 Å². The SMILES string of the molecule is CNc1ncc(/C(C=N)=C/NCCO)nc1NCc1cc2cccnc2[nH]1. The Bertz CT molecular complexity index is 916. The van der Waals surface area contributed by atoms with Gasteiger partial charge in [-0.15, -0.1) is 0 Å². The Morgan fingerprint density at radius 3 is 2.96 bits per heavy atom. The molecule has 0 atom stereocenters. The lowest BCUT2D eigenvalue weighted by atomic mass is 10.2. The molecule has 9 heteroatoms. The fourth-order valence-corrected chi connectivity index (χ4v) is 2.56. The van der Waals surface area contributed by atoms with E-state index in [9.17, 15) is 0 Å². The molecule has 0 unspecified atom stereocenters. The van der Waals surface area contributed by atoms with Crippen LogP contribution in [0.2, 0.25) is 0 Å². The highest BCUT2D eigenvalue weighted by Gasteiger charge is 2.10. The summed E-state index contributed by atoms with van der Waals surface area (Å²) >= 11 is 0. The maximum Gasteiger partial charge on any atom is 0.170 e. The standard InChI is InChI=1S/C18H22N8O/c1-20-17-18(23-10-14-7-12-3-2-4-22-16(12)25-14)26-15(11-24-17)13(8-19)9-21-5-6-27/h2-4,7-9,11,19,21,27H,5-6,10H2,1H3,(H,20,24)(H,22,25)(H,23,26)/b13-9+,19-8?. The van der Waals surface area contributed by atoms with Gasteiger partial charge in [-0.05, 0) is 18.2 Å². The number of hydrogen-bond donors (Lipinski definition) is 6. The van der Waals surface area contributed by atoms with E-state index in [-0.39, 0.29) is 6.61 Å². The van der Waals surface area contributed by atoms with Gasteiger partial charge in [0.25, 0.3) is 0 Å². The first-order chi connectivity index (χ1) is 13.2. The van der Waals surface area contributed by atoms with Crippen molar-refractivity contribution < 1.29 is 5.11 Å². The summed E-state index contributed by atoms with van der Waals surface area (Å²) in [5, 5.41) is 26.7. The molecular formula is C18H22N8O. The number of hydrogen-bond acceptors (Lipinski definition) is 8. The van der Waals surface area contributed by atoms with Gasteiger partial charge < -0.3 is 31.5 Å². The van der Waals surface area contributed by atoms with Crippen molar-refractivity contribution in [3.05, 3.63) is 48.2 Å². The van der Waals surface area contributed by atoms with E-state index >= 15 is 0 Å². The summed E-state index contributed by atoms with van der Waals surface area (Å²) in [6, 6.07) is 5.94. The van der Waals surface area contributed by atoms with Gasteiger partial charge in [-0.2, -0.15) is 0 Å². The van der Waals surface area contributed by atoms with Crippen LogP contribution in [-0.4, -0.2) is 51.5 Å². The Hall–Kier alpha value is -3.46. The molecule has 3 rings (SSSR count). The predicted octanol–water partition coefficient (Wildman–Crippen LogP) is 1.58. The van der Waals surface area contributed by atoms with Crippen molar-refractivity contribution in [3.8, 4) is 0 Å². The lowest BCUT2D eigenvalue weighted by Gasteiger charge is -2.11. The molecule has 0 bridgehead atoms.